The maximum atomic E-state index is 5.37. The highest BCUT2D eigenvalue weighted by Crippen LogP contribution is 1.94. The lowest BCUT2D eigenvalue weighted by Gasteiger charge is -2.23. The van der Waals surface area contributed by atoms with Gasteiger partial charge in [-0.3, -0.25) is 4.98 Å². The molecule has 1 saturated heterocycles. The summed E-state index contributed by atoms with van der Waals surface area (Å²) in [6.07, 6.45) is 1.82. The molecule has 2 rings (SSSR count). The lowest BCUT2D eigenvalue weighted by molar-refractivity contribution is 0.0766. The van der Waals surface area contributed by atoms with Crippen LogP contribution < -0.4 is 10.6 Å². The van der Waals surface area contributed by atoms with E-state index in [-0.39, 0.29) is 0 Å². The van der Waals surface area contributed by atoms with E-state index in [4.69, 9.17) is 4.74 Å². The van der Waals surface area contributed by atoms with Gasteiger partial charge in [-0.2, -0.15) is 0 Å². The number of rotatable bonds is 4. The molecule has 0 saturated carbocycles. The highest BCUT2D eigenvalue weighted by Gasteiger charge is 2.11. The van der Waals surface area contributed by atoms with Crippen LogP contribution in [0.2, 0.25) is 0 Å². The Morgan fingerprint density at radius 1 is 1.53 bits per heavy atom. The Morgan fingerprint density at radius 2 is 2.53 bits per heavy atom. The molecule has 1 atom stereocenters. The van der Waals surface area contributed by atoms with Crippen molar-refractivity contribution in [1.29, 1.82) is 0 Å². The number of hydrogen-bond acceptors (Lipinski definition) is 4. The molecule has 0 aliphatic carbocycles. The third-order valence-electron chi connectivity index (χ3n) is 2.42. The van der Waals surface area contributed by atoms with Crippen molar-refractivity contribution in [3.05, 3.63) is 30.1 Å². The van der Waals surface area contributed by atoms with Crippen LogP contribution in [0.1, 0.15) is 5.69 Å². The maximum Gasteiger partial charge on any atom is 0.0632 e. The first kappa shape index (κ1) is 10.5. The van der Waals surface area contributed by atoms with Gasteiger partial charge in [0.25, 0.3) is 0 Å². The molecular weight excluding hydrogens is 190 g/mol. The van der Waals surface area contributed by atoms with E-state index in [0.717, 1.165) is 38.5 Å². The molecule has 1 aliphatic heterocycles. The molecule has 2 heterocycles. The van der Waals surface area contributed by atoms with E-state index in [1.807, 2.05) is 24.4 Å². The number of nitrogens with zero attached hydrogens (tertiary/aromatic N) is 1. The van der Waals surface area contributed by atoms with E-state index in [1.54, 1.807) is 0 Å². The van der Waals surface area contributed by atoms with Gasteiger partial charge in [-0.15, -0.1) is 0 Å². The lowest BCUT2D eigenvalue weighted by Crippen LogP contribution is -2.47. The van der Waals surface area contributed by atoms with Gasteiger partial charge >= 0.3 is 0 Å². The average molecular weight is 207 g/mol. The minimum Gasteiger partial charge on any atom is -0.378 e. The van der Waals surface area contributed by atoms with Crippen molar-refractivity contribution in [2.24, 2.45) is 0 Å². The van der Waals surface area contributed by atoms with E-state index in [1.165, 1.54) is 0 Å². The Labute approximate surface area is 90.0 Å². The summed E-state index contributed by atoms with van der Waals surface area (Å²) in [5, 5.41) is 6.76. The van der Waals surface area contributed by atoms with Crippen molar-refractivity contribution in [1.82, 2.24) is 15.6 Å². The topological polar surface area (TPSA) is 46.2 Å². The van der Waals surface area contributed by atoms with Crippen LogP contribution >= 0.6 is 0 Å². The number of hydrogen-bond donors (Lipinski definition) is 2. The van der Waals surface area contributed by atoms with Gasteiger partial charge in [0.15, 0.2) is 0 Å². The smallest absolute Gasteiger partial charge is 0.0632 e. The van der Waals surface area contributed by atoms with E-state index in [2.05, 4.69) is 15.6 Å². The van der Waals surface area contributed by atoms with Gasteiger partial charge in [0.1, 0.15) is 0 Å². The summed E-state index contributed by atoms with van der Waals surface area (Å²) in [5.74, 6) is 0. The molecule has 0 radical (unpaired) electrons. The van der Waals surface area contributed by atoms with Crippen molar-refractivity contribution < 1.29 is 4.74 Å². The number of ether oxygens (including phenoxy) is 1. The van der Waals surface area contributed by atoms with Crippen LogP contribution in [0.4, 0.5) is 0 Å². The monoisotopic (exact) mass is 207 g/mol. The van der Waals surface area contributed by atoms with Gasteiger partial charge in [-0.1, -0.05) is 6.07 Å². The van der Waals surface area contributed by atoms with Gasteiger partial charge in [0.05, 0.1) is 18.9 Å². The van der Waals surface area contributed by atoms with Crippen LogP contribution in [-0.4, -0.2) is 37.3 Å². The molecule has 1 aliphatic rings. The predicted molar refractivity (Wildman–Crippen MR) is 58.6 cm³/mol. The second-order valence-corrected chi connectivity index (χ2v) is 3.68. The summed E-state index contributed by atoms with van der Waals surface area (Å²) in [6, 6.07) is 6.39. The van der Waals surface area contributed by atoms with E-state index in [0.29, 0.717) is 6.04 Å². The second-order valence-electron chi connectivity index (χ2n) is 3.68. The first-order valence-electron chi connectivity index (χ1n) is 5.37. The molecule has 4 heteroatoms. The van der Waals surface area contributed by atoms with Gasteiger partial charge in [-0.05, 0) is 12.1 Å². The van der Waals surface area contributed by atoms with Crippen molar-refractivity contribution in [3.8, 4) is 0 Å². The molecule has 0 aromatic carbocycles. The summed E-state index contributed by atoms with van der Waals surface area (Å²) >= 11 is 0. The molecular formula is C11H17N3O. The SMILES string of the molecule is c1ccc(CNCC2COCCN2)nc1. The van der Waals surface area contributed by atoms with Crippen LogP contribution in [0.15, 0.2) is 24.4 Å². The Bertz CT molecular complexity index is 272. The van der Waals surface area contributed by atoms with Crippen LogP contribution in [-0.2, 0) is 11.3 Å². The Balaban J connectivity index is 1.66. The molecule has 2 N–H and O–H groups in total. The first-order valence-corrected chi connectivity index (χ1v) is 5.37. The third-order valence-corrected chi connectivity index (χ3v) is 2.42. The van der Waals surface area contributed by atoms with Crippen molar-refractivity contribution in [2.75, 3.05) is 26.3 Å². The zero-order valence-electron chi connectivity index (χ0n) is 8.78. The van der Waals surface area contributed by atoms with Gasteiger partial charge in [0.2, 0.25) is 0 Å². The molecule has 1 fully saturated rings. The summed E-state index contributed by atoms with van der Waals surface area (Å²) in [5.41, 5.74) is 1.08. The molecule has 15 heavy (non-hydrogen) atoms. The fraction of sp³-hybridized carbons (Fsp3) is 0.545. The van der Waals surface area contributed by atoms with E-state index < -0.39 is 0 Å². The molecule has 0 spiro atoms. The summed E-state index contributed by atoms with van der Waals surface area (Å²) in [4.78, 5) is 4.25. The van der Waals surface area contributed by atoms with Gasteiger partial charge < -0.3 is 15.4 Å². The highest BCUT2D eigenvalue weighted by molar-refractivity contribution is 5.02. The van der Waals surface area contributed by atoms with Crippen LogP contribution in [0, 0.1) is 0 Å². The van der Waals surface area contributed by atoms with Gasteiger partial charge in [-0.25, -0.2) is 0 Å². The average Bonchev–Trinajstić information content (AvgIpc) is 2.32. The van der Waals surface area contributed by atoms with Gasteiger partial charge in [0, 0.05) is 31.9 Å². The number of pyridine rings is 1. The minimum absolute atomic E-state index is 0.433. The fourth-order valence-corrected chi connectivity index (χ4v) is 1.63. The predicted octanol–water partition coefficient (Wildman–Crippen LogP) is 0.160. The molecule has 4 nitrogen and oxygen atoms in total. The number of nitrogens with one attached hydrogen (secondary N) is 2. The summed E-state index contributed by atoms with van der Waals surface area (Å²) < 4.78 is 5.37. The Kier molecular flexibility index (Phi) is 4.08. The molecule has 82 valence electrons. The normalized spacial score (nSPS) is 21.5. The zero-order chi connectivity index (χ0) is 10.3. The quantitative estimate of drug-likeness (QED) is 0.738. The molecule has 1 aromatic heterocycles. The number of morpholine rings is 1. The number of aromatic nitrogens is 1. The molecule has 1 unspecified atom stereocenters. The highest BCUT2D eigenvalue weighted by atomic mass is 16.5. The zero-order valence-corrected chi connectivity index (χ0v) is 8.78. The largest absolute Gasteiger partial charge is 0.378 e. The molecule has 0 amide bonds. The van der Waals surface area contributed by atoms with Crippen LogP contribution in [0.5, 0.6) is 0 Å². The van der Waals surface area contributed by atoms with E-state index in [9.17, 15) is 0 Å². The standard InChI is InChI=1S/C11H17N3O/c1-2-4-13-10(3-1)7-12-8-11-9-15-6-5-14-11/h1-4,11-12,14H,5-9H2. The third kappa shape index (κ3) is 3.58. The summed E-state index contributed by atoms with van der Waals surface area (Å²) in [7, 11) is 0. The first-order chi connectivity index (χ1) is 7.45. The summed E-state index contributed by atoms with van der Waals surface area (Å²) in [6.45, 7) is 4.33. The second kappa shape index (κ2) is 5.80. The van der Waals surface area contributed by atoms with Crippen molar-refractivity contribution >= 4 is 0 Å². The fourth-order valence-electron chi connectivity index (χ4n) is 1.63. The minimum atomic E-state index is 0.433. The lowest BCUT2D eigenvalue weighted by atomic mass is 10.2. The van der Waals surface area contributed by atoms with Crippen LogP contribution in [0.25, 0.3) is 0 Å². The molecule has 1 aromatic rings. The van der Waals surface area contributed by atoms with Crippen LogP contribution in [0.3, 0.4) is 0 Å². The van der Waals surface area contributed by atoms with Crippen molar-refractivity contribution in [3.63, 3.8) is 0 Å². The Morgan fingerprint density at radius 3 is 3.27 bits per heavy atom. The maximum absolute atomic E-state index is 5.37. The Hall–Kier alpha value is -0.970. The molecule has 0 bridgehead atoms. The van der Waals surface area contributed by atoms with E-state index >= 15 is 0 Å². The van der Waals surface area contributed by atoms with Crippen molar-refractivity contribution in [2.45, 2.75) is 12.6 Å².